The number of primary amides is 2. The second-order valence-electron chi connectivity index (χ2n) is 6.21. The molecular weight excluding hydrogens is 393 g/mol. The van der Waals surface area contributed by atoms with Gasteiger partial charge in [0.1, 0.15) is 34.9 Å². The molecule has 6 N–H and O–H groups in total. The zero-order chi connectivity index (χ0) is 21.7. The van der Waals surface area contributed by atoms with E-state index in [4.69, 9.17) is 16.2 Å². The van der Waals surface area contributed by atoms with Crippen LogP contribution >= 0.6 is 0 Å². The van der Waals surface area contributed by atoms with Crippen LogP contribution in [0.2, 0.25) is 0 Å². The Kier molecular flexibility index (Phi) is 6.18. The van der Waals surface area contributed by atoms with Crippen molar-refractivity contribution in [2.24, 2.45) is 11.5 Å². The van der Waals surface area contributed by atoms with Crippen LogP contribution in [0.5, 0.6) is 11.5 Å². The molecule has 0 radical (unpaired) electrons. The number of rotatable bonds is 8. The van der Waals surface area contributed by atoms with Gasteiger partial charge in [-0.05, 0) is 48.5 Å². The number of aromatic nitrogens is 2. The Morgan fingerprint density at radius 3 is 2.20 bits per heavy atom. The Morgan fingerprint density at radius 1 is 1.03 bits per heavy atom. The van der Waals surface area contributed by atoms with Crippen molar-refractivity contribution >= 4 is 17.6 Å². The number of amides is 2. The molecule has 1 atom stereocenters. The maximum absolute atomic E-state index is 13.0. The molecule has 0 aliphatic rings. The Balaban J connectivity index is 1.81. The van der Waals surface area contributed by atoms with Crippen LogP contribution in [0.4, 0.5) is 10.2 Å². The number of nitrogens with two attached hydrogens (primary N) is 2. The molecule has 0 saturated heterocycles. The van der Waals surface area contributed by atoms with E-state index in [0.717, 1.165) is 0 Å². The number of nitrogens with one attached hydrogen (secondary N) is 1. The van der Waals surface area contributed by atoms with Crippen molar-refractivity contribution in [2.75, 3.05) is 11.9 Å². The number of aliphatic hydroxyl groups excluding tert-OH is 1. The lowest BCUT2D eigenvalue weighted by molar-refractivity contribution is -0.125. The van der Waals surface area contributed by atoms with Crippen LogP contribution in [-0.4, -0.2) is 39.5 Å². The first-order valence-electron chi connectivity index (χ1n) is 8.76. The second kappa shape index (κ2) is 8.97. The minimum Gasteiger partial charge on any atom is -0.457 e. The molecule has 154 valence electrons. The van der Waals surface area contributed by atoms with Gasteiger partial charge in [0, 0.05) is 11.6 Å². The topological polar surface area (TPSA) is 153 Å². The zero-order valence-corrected chi connectivity index (χ0v) is 15.6. The number of hydrogen-bond acceptors (Lipinski definition) is 7. The summed E-state index contributed by atoms with van der Waals surface area (Å²) < 4.78 is 18.6. The lowest BCUT2D eigenvalue weighted by Gasteiger charge is -2.11. The summed E-state index contributed by atoms with van der Waals surface area (Å²) in [5.41, 5.74) is 10.8. The minimum absolute atomic E-state index is 0.0531. The number of anilines is 1. The predicted octanol–water partition coefficient (Wildman–Crippen LogP) is 1.43. The highest BCUT2D eigenvalue weighted by Gasteiger charge is 2.14. The van der Waals surface area contributed by atoms with Crippen LogP contribution in [-0.2, 0) is 4.79 Å². The average Bonchev–Trinajstić information content (AvgIpc) is 2.74. The van der Waals surface area contributed by atoms with Crippen molar-refractivity contribution < 1.29 is 23.8 Å². The van der Waals surface area contributed by atoms with E-state index in [9.17, 15) is 19.1 Å². The van der Waals surface area contributed by atoms with Crippen molar-refractivity contribution in [3.05, 3.63) is 66.1 Å². The van der Waals surface area contributed by atoms with E-state index < -0.39 is 17.9 Å². The molecule has 1 heterocycles. The summed E-state index contributed by atoms with van der Waals surface area (Å²) in [4.78, 5) is 30.9. The number of benzene rings is 2. The lowest BCUT2D eigenvalue weighted by atomic mass is 10.2. The quantitative estimate of drug-likeness (QED) is 0.437. The number of halogens is 1. The van der Waals surface area contributed by atoms with E-state index in [0.29, 0.717) is 17.1 Å². The fraction of sp³-hybridized carbons (Fsp3) is 0.100. The Labute approximate surface area is 170 Å². The van der Waals surface area contributed by atoms with Crippen molar-refractivity contribution in [3.8, 4) is 22.9 Å². The van der Waals surface area contributed by atoms with Gasteiger partial charge in [0.05, 0.1) is 6.54 Å². The van der Waals surface area contributed by atoms with Gasteiger partial charge in [-0.25, -0.2) is 14.4 Å². The number of carbonyl (C=O) groups is 2. The largest absolute Gasteiger partial charge is 0.457 e. The first kappa shape index (κ1) is 20.7. The van der Waals surface area contributed by atoms with E-state index >= 15 is 0 Å². The van der Waals surface area contributed by atoms with Crippen molar-refractivity contribution in [2.45, 2.75) is 6.10 Å². The SMILES string of the molecule is NC(=O)c1cc(NC[C@H](O)C(N)=O)nc(-c2ccc(Oc3ccc(F)cc3)cc2)n1. The molecule has 2 amide bonds. The first-order chi connectivity index (χ1) is 14.3. The van der Waals surface area contributed by atoms with Gasteiger partial charge in [-0.3, -0.25) is 9.59 Å². The number of hydrogen-bond donors (Lipinski definition) is 4. The molecule has 0 fully saturated rings. The standard InChI is InChI=1S/C20H18FN5O4/c21-12-3-7-14(8-4-12)30-13-5-1-11(2-6-13)20-25-15(18(22)28)9-17(26-20)24-10-16(27)19(23)29/h1-9,16,27H,10H2,(H2,22,28)(H2,23,29)(H,24,25,26)/t16-/m0/s1. The number of carbonyl (C=O) groups excluding carboxylic acids is 2. The third-order valence-electron chi connectivity index (χ3n) is 3.95. The fourth-order valence-electron chi connectivity index (χ4n) is 2.41. The van der Waals surface area contributed by atoms with Crippen LogP contribution in [0.1, 0.15) is 10.5 Å². The minimum atomic E-state index is -1.43. The van der Waals surface area contributed by atoms with E-state index in [2.05, 4.69) is 15.3 Å². The van der Waals surface area contributed by atoms with Crippen LogP contribution in [0.3, 0.4) is 0 Å². The van der Waals surface area contributed by atoms with Gasteiger partial charge in [0.25, 0.3) is 5.91 Å². The fourth-order valence-corrected chi connectivity index (χ4v) is 2.41. The zero-order valence-electron chi connectivity index (χ0n) is 15.6. The van der Waals surface area contributed by atoms with E-state index in [1.807, 2.05) is 0 Å². The van der Waals surface area contributed by atoms with E-state index in [1.54, 1.807) is 24.3 Å². The van der Waals surface area contributed by atoms with Gasteiger partial charge in [-0.2, -0.15) is 0 Å². The Bertz CT molecular complexity index is 1060. The van der Waals surface area contributed by atoms with E-state index in [-0.39, 0.29) is 29.7 Å². The van der Waals surface area contributed by atoms with Gasteiger partial charge in [0.15, 0.2) is 5.82 Å². The van der Waals surface area contributed by atoms with Gasteiger partial charge in [0.2, 0.25) is 5.91 Å². The predicted molar refractivity (Wildman–Crippen MR) is 106 cm³/mol. The van der Waals surface area contributed by atoms with Crippen molar-refractivity contribution in [3.63, 3.8) is 0 Å². The maximum atomic E-state index is 13.0. The average molecular weight is 411 g/mol. The molecule has 0 aliphatic heterocycles. The molecule has 0 aliphatic carbocycles. The molecule has 0 unspecified atom stereocenters. The van der Waals surface area contributed by atoms with Crippen molar-refractivity contribution in [1.29, 1.82) is 0 Å². The summed E-state index contributed by atoms with van der Waals surface area (Å²) in [6, 6.07) is 13.5. The molecule has 3 rings (SSSR count). The molecule has 1 aromatic heterocycles. The highest BCUT2D eigenvalue weighted by atomic mass is 19.1. The smallest absolute Gasteiger partial charge is 0.267 e. The number of aliphatic hydroxyl groups is 1. The van der Waals surface area contributed by atoms with Crippen LogP contribution < -0.4 is 21.5 Å². The molecule has 0 saturated carbocycles. The van der Waals surface area contributed by atoms with Crippen LogP contribution in [0.15, 0.2) is 54.6 Å². The number of nitrogens with zero attached hydrogens (tertiary/aromatic N) is 2. The monoisotopic (exact) mass is 411 g/mol. The summed E-state index contributed by atoms with van der Waals surface area (Å²) >= 11 is 0. The van der Waals surface area contributed by atoms with E-state index in [1.165, 1.54) is 30.3 Å². The molecule has 30 heavy (non-hydrogen) atoms. The third-order valence-corrected chi connectivity index (χ3v) is 3.95. The first-order valence-corrected chi connectivity index (χ1v) is 8.76. The molecule has 9 nitrogen and oxygen atoms in total. The molecule has 3 aromatic rings. The highest BCUT2D eigenvalue weighted by Crippen LogP contribution is 2.25. The molecule has 2 aromatic carbocycles. The number of ether oxygens (including phenoxy) is 1. The van der Waals surface area contributed by atoms with Gasteiger partial charge in [-0.1, -0.05) is 0 Å². The highest BCUT2D eigenvalue weighted by molar-refractivity contribution is 5.92. The van der Waals surface area contributed by atoms with Crippen molar-refractivity contribution in [1.82, 2.24) is 9.97 Å². The summed E-state index contributed by atoms with van der Waals surface area (Å²) in [7, 11) is 0. The summed E-state index contributed by atoms with van der Waals surface area (Å²) in [5, 5.41) is 12.2. The lowest BCUT2D eigenvalue weighted by Crippen LogP contribution is -2.34. The third kappa shape index (κ3) is 5.26. The molecular formula is C20H18FN5O4. The van der Waals surface area contributed by atoms with Crippen LogP contribution in [0, 0.1) is 5.82 Å². The van der Waals surface area contributed by atoms with Gasteiger partial charge >= 0.3 is 0 Å². The summed E-state index contributed by atoms with van der Waals surface area (Å²) in [6.07, 6.45) is -1.43. The molecule has 10 heteroatoms. The molecule has 0 spiro atoms. The second-order valence-corrected chi connectivity index (χ2v) is 6.21. The molecule has 0 bridgehead atoms. The maximum Gasteiger partial charge on any atom is 0.267 e. The Hall–Kier alpha value is -4.05. The van der Waals surface area contributed by atoms with Gasteiger partial charge in [-0.15, -0.1) is 0 Å². The summed E-state index contributed by atoms with van der Waals surface area (Å²) in [5.74, 6) is -0.694. The van der Waals surface area contributed by atoms with Crippen LogP contribution in [0.25, 0.3) is 11.4 Å². The van der Waals surface area contributed by atoms with Gasteiger partial charge < -0.3 is 26.6 Å². The Morgan fingerprint density at radius 2 is 1.63 bits per heavy atom. The normalized spacial score (nSPS) is 11.5. The summed E-state index contributed by atoms with van der Waals surface area (Å²) in [6.45, 7) is -0.200.